The molecule has 0 aromatic carbocycles. The van der Waals surface area contributed by atoms with E-state index in [0.29, 0.717) is 25.0 Å². The van der Waals surface area contributed by atoms with Crippen LogP contribution in [0.15, 0.2) is 0 Å². The Morgan fingerprint density at radius 2 is 1.93 bits per heavy atom. The van der Waals surface area contributed by atoms with Crippen LogP contribution in [0.2, 0.25) is 0 Å². The van der Waals surface area contributed by atoms with E-state index in [-0.39, 0.29) is 5.97 Å². The monoisotopic (exact) mass is 213 g/mol. The fourth-order valence-electron chi connectivity index (χ4n) is 2.31. The van der Waals surface area contributed by atoms with Crippen molar-refractivity contribution in [2.24, 2.45) is 5.92 Å². The lowest BCUT2D eigenvalue weighted by Gasteiger charge is -2.28. The van der Waals surface area contributed by atoms with Crippen molar-refractivity contribution in [3.05, 3.63) is 0 Å². The fourth-order valence-corrected chi connectivity index (χ4v) is 2.31. The van der Waals surface area contributed by atoms with Crippen LogP contribution in [0, 0.1) is 5.92 Å². The van der Waals surface area contributed by atoms with E-state index in [1.807, 2.05) is 6.92 Å². The molecule has 0 saturated heterocycles. The van der Waals surface area contributed by atoms with E-state index in [2.05, 4.69) is 12.2 Å². The highest BCUT2D eigenvalue weighted by Crippen LogP contribution is 2.27. The quantitative estimate of drug-likeness (QED) is 0.711. The van der Waals surface area contributed by atoms with Crippen LogP contribution in [0.3, 0.4) is 0 Å². The molecule has 1 N–H and O–H groups in total. The average molecular weight is 213 g/mol. The zero-order valence-electron chi connectivity index (χ0n) is 9.92. The third kappa shape index (κ3) is 4.65. The summed E-state index contributed by atoms with van der Waals surface area (Å²) in [5.74, 6) is 0.531. The molecule has 0 aliphatic heterocycles. The van der Waals surface area contributed by atoms with Crippen molar-refractivity contribution in [3.63, 3.8) is 0 Å². The number of carbonyl (C=O) groups is 1. The molecule has 1 aliphatic rings. The fraction of sp³-hybridized carbons (Fsp3) is 0.917. The summed E-state index contributed by atoms with van der Waals surface area (Å²) in [5, 5.41) is 3.47. The van der Waals surface area contributed by atoms with Crippen LogP contribution < -0.4 is 5.32 Å². The second-order valence-electron chi connectivity index (χ2n) is 4.28. The van der Waals surface area contributed by atoms with Crippen LogP contribution in [0.1, 0.15) is 46.0 Å². The van der Waals surface area contributed by atoms with Gasteiger partial charge < -0.3 is 10.1 Å². The van der Waals surface area contributed by atoms with Gasteiger partial charge in [-0.3, -0.25) is 4.79 Å². The molecule has 0 spiro atoms. The first-order valence-electron chi connectivity index (χ1n) is 6.15. The minimum Gasteiger partial charge on any atom is -0.466 e. The van der Waals surface area contributed by atoms with Gasteiger partial charge >= 0.3 is 5.97 Å². The van der Waals surface area contributed by atoms with Gasteiger partial charge in [-0.1, -0.05) is 6.92 Å². The molecule has 0 aromatic rings. The molecule has 0 unspecified atom stereocenters. The van der Waals surface area contributed by atoms with Crippen molar-refractivity contribution in [2.75, 3.05) is 13.2 Å². The van der Waals surface area contributed by atoms with E-state index in [4.69, 9.17) is 4.74 Å². The highest BCUT2D eigenvalue weighted by atomic mass is 16.5. The van der Waals surface area contributed by atoms with Crippen molar-refractivity contribution in [1.29, 1.82) is 0 Å². The van der Waals surface area contributed by atoms with E-state index in [1.54, 1.807) is 0 Å². The normalized spacial score (nSPS) is 26.3. The van der Waals surface area contributed by atoms with Gasteiger partial charge in [0.25, 0.3) is 0 Å². The van der Waals surface area contributed by atoms with E-state index in [0.717, 1.165) is 19.4 Å². The summed E-state index contributed by atoms with van der Waals surface area (Å²) in [7, 11) is 0. The van der Waals surface area contributed by atoms with Gasteiger partial charge in [-0.2, -0.15) is 0 Å². The average Bonchev–Trinajstić information content (AvgIpc) is 2.22. The van der Waals surface area contributed by atoms with Crippen molar-refractivity contribution in [3.8, 4) is 0 Å². The third-order valence-electron chi connectivity index (χ3n) is 3.10. The molecule has 0 heterocycles. The Morgan fingerprint density at radius 3 is 2.47 bits per heavy atom. The maximum Gasteiger partial charge on any atom is 0.306 e. The first-order chi connectivity index (χ1) is 7.26. The number of nitrogens with one attached hydrogen (secondary N) is 1. The van der Waals surface area contributed by atoms with Crippen molar-refractivity contribution >= 4 is 5.97 Å². The summed E-state index contributed by atoms with van der Waals surface area (Å²) in [6, 6.07) is 0.674. The summed E-state index contributed by atoms with van der Waals surface area (Å²) in [6.45, 7) is 5.56. The Morgan fingerprint density at radius 1 is 1.27 bits per heavy atom. The zero-order valence-corrected chi connectivity index (χ0v) is 9.92. The molecule has 1 fully saturated rings. The number of hydrogen-bond donors (Lipinski definition) is 1. The zero-order chi connectivity index (χ0) is 11.1. The first-order valence-corrected chi connectivity index (χ1v) is 6.15. The van der Waals surface area contributed by atoms with E-state index < -0.39 is 0 Å². The Balaban J connectivity index is 2.16. The SMILES string of the molecule is CCN[C@H]1CC[C@H](CC(=O)OCC)CC1. The first kappa shape index (κ1) is 12.5. The molecule has 0 bridgehead atoms. The molecule has 1 saturated carbocycles. The third-order valence-corrected chi connectivity index (χ3v) is 3.10. The molecule has 0 atom stereocenters. The van der Waals surface area contributed by atoms with Crippen molar-refractivity contribution < 1.29 is 9.53 Å². The largest absolute Gasteiger partial charge is 0.466 e. The molecule has 88 valence electrons. The van der Waals surface area contributed by atoms with Crippen molar-refractivity contribution in [1.82, 2.24) is 5.32 Å². The van der Waals surface area contributed by atoms with E-state index >= 15 is 0 Å². The standard InChI is InChI=1S/C12H23NO2/c1-3-13-11-7-5-10(6-8-11)9-12(14)15-4-2/h10-11,13H,3-9H2,1-2H3/t10-,11-. The topological polar surface area (TPSA) is 38.3 Å². The van der Waals surface area contributed by atoms with Crippen LogP contribution in [0.5, 0.6) is 0 Å². The number of esters is 1. The molecule has 0 amide bonds. The second-order valence-corrected chi connectivity index (χ2v) is 4.28. The molecular weight excluding hydrogens is 190 g/mol. The van der Waals surface area contributed by atoms with Crippen LogP contribution in [-0.2, 0) is 9.53 Å². The van der Waals surface area contributed by atoms with Gasteiger partial charge in [0.2, 0.25) is 0 Å². The predicted octanol–water partition coefficient (Wildman–Crippen LogP) is 2.11. The summed E-state index contributed by atoms with van der Waals surface area (Å²) in [6.07, 6.45) is 5.36. The second kappa shape index (κ2) is 6.83. The molecular formula is C12H23NO2. The van der Waals surface area contributed by atoms with Gasteiger partial charge in [-0.25, -0.2) is 0 Å². The Labute approximate surface area is 92.6 Å². The molecule has 0 radical (unpaired) electrons. The van der Waals surface area contributed by atoms with Gasteiger partial charge in [0.05, 0.1) is 6.61 Å². The Hall–Kier alpha value is -0.570. The van der Waals surface area contributed by atoms with E-state index in [9.17, 15) is 4.79 Å². The molecule has 15 heavy (non-hydrogen) atoms. The lowest BCUT2D eigenvalue weighted by atomic mass is 9.84. The minimum atomic E-state index is -0.0237. The Bertz CT molecular complexity index is 186. The number of rotatable bonds is 5. The molecule has 1 rings (SSSR count). The number of ether oxygens (including phenoxy) is 1. The van der Waals surface area contributed by atoms with Crippen LogP contribution in [0.4, 0.5) is 0 Å². The highest BCUT2D eigenvalue weighted by molar-refractivity contribution is 5.69. The molecule has 0 aromatic heterocycles. The van der Waals surface area contributed by atoms with Gasteiger partial charge in [-0.15, -0.1) is 0 Å². The molecule has 3 nitrogen and oxygen atoms in total. The van der Waals surface area contributed by atoms with Crippen LogP contribution >= 0.6 is 0 Å². The number of carbonyl (C=O) groups excluding carboxylic acids is 1. The summed E-state index contributed by atoms with van der Waals surface area (Å²) >= 11 is 0. The summed E-state index contributed by atoms with van der Waals surface area (Å²) in [5.41, 5.74) is 0. The van der Waals surface area contributed by atoms with Crippen LogP contribution in [-0.4, -0.2) is 25.2 Å². The molecule has 3 heteroatoms. The minimum absolute atomic E-state index is 0.0237. The lowest BCUT2D eigenvalue weighted by Crippen LogP contribution is -2.33. The smallest absolute Gasteiger partial charge is 0.306 e. The summed E-state index contributed by atoms with van der Waals surface area (Å²) < 4.78 is 4.96. The lowest BCUT2D eigenvalue weighted by molar-refractivity contribution is -0.144. The van der Waals surface area contributed by atoms with Gasteiger partial charge in [-0.05, 0) is 45.1 Å². The summed E-state index contributed by atoms with van der Waals surface area (Å²) in [4.78, 5) is 11.3. The predicted molar refractivity (Wildman–Crippen MR) is 60.7 cm³/mol. The Kier molecular flexibility index (Phi) is 5.69. The van der Waals surface area contributed by atoms with Crippen LogP contribution in [0.25, 0.3) is 0 Å². The maximum absolute atomic E-state index is 11.3. The number of hydrogen-bond acceptors (Lipinski definition) is 3. The van der Waals surface area contributed by atoms with Crippen molar-refractivity contribution in [2.45, 2.75) is 52.0 Å². The highest BCUT2D eigenvalue weighted by Gasteiger charge is 2.22. The van der Waals surface area contributed by atoms with Gasteiger partial charge in [0.15, 0.2) is 0 Å². The van der Waals surface area contributed by atoms with E-state index in [1.165, 1.54) is 12.8 Å². The van der Waals surface area contributed by atoms with Gasteiger partial charge in [0, 0.05) is 12.5 Å². The van der Waals surface area contributed by atoms with Gasteiger partial charge in [0.1, 0.15) is 0 Å². The maximum atomic E-state index is 11.3. The molecule has 1 aliphatic carbocycles.